The van der Waals surface area contributed by atoms with Crippen LogP contribution in [0, 0.1) is 17.0 Å². The fourth-order valence-electron chi connectivity index (χ4n) is 1.97. The normalized spacial score (nSPS) is 12.4. The quantitative estimate of drug-likeness (QED) is 0.673. The minimum Gasteiger partial charge on any atom is -0.358 e. The Morgan fingerprint density at radius 1 is 1.63 bits per heavy atom. The van der Waals surface area contributed by atoms with Gasteiger partial charge in [-0.05, 0) is 43.2 Å². The fraction of sp³-hybridized carbons (Fsp3) is 0.417. The van der Waals surface area contributed by atoms with Crippen LogP contribution in [0.3, 0.4) is 0 Å². The average Bonchev–Trinajstić information content (AvgIpc) is 2.96. The minimum absolute atomic E-state index is 0.00588. The topological polar surface area (TPSA) is 73.0 Å². The van der Waals surface area contributed by atoms with E-state index in [-0.39, 0.29) is 16.7 Å². The molecule has 0 bridgehead atoms. The summed E-state index contributed by atoms with van der Waals surface area (Å²) < 4.78 is 1.64. The zero-order chi connectivity index (χ0) is 14.0. The summed E-state index contributed by atoms with van der Waals surface area (Å²) in [5.41, 5.74) is 1.61. The number of anilines is 1. The number of hydrogen-bond donors (Lipinski definition) is 1. The van der Waals surface area contributed by atoms with Crippen LogP contribution in [0.4, 0.5) is 11.5 Å². The third kappa shape index (κ3) is 2.60. The zero-order valence-electron chi connectivity index (χ0n) is 11.1. The molecule has 0 aliphatic rings. The first-order valence-electron chi connectivity index (χ1n) is 6.05. The maximum absolute atomic E-state index is 11.2. The molecule has 0 radical (unpaired) electrons. The van der Waals surface area contributed by atoms with Crippen LogP contribution in [0.15, 0.2) is 16.8 Å². The van der Waals surface area contributed by atoms with Gasteiger partial charge in [-0.1, -0.05) is 0 Å². The summed E-state index contributed by atoms with van der Waals surface area (Å²) in [5.74, 6) is 0.476. The summed E-state index contributed by atoms with van der Waals surface area (Å²) in [4.78, 5) is 10.8. The molecule has 1 atom stereocenters. The van der Waals surface area contributed by atoms with Crippen molar-refractivity contribution < 1.29 is 4.92 Å². The number of aromatic nitrogens is 2. The van der Waals surface area contributed by atoms with Gasteiger partial charge in [0.1, 0.15) is 5.69 Å². The smallest absolute Gasteiger partial charge is 0.333 e. The number of rotatable bonds is 5. The molecule has 0 amide bonds. The van der Waals surface area contributed by atoms with Crippen LogP contribution in [0.2, 0.25) is 0 Å². The van der Waals surface area contributed by atoms with Gasteiger partial charge in [-0.2, -0.15) is 16.4 Å². The van der Waals surface area contributed by atoms with Crippen molar-refractivity contribution >= 4 is 22.8 Å². The first-order valence-corrected chi connectivity index (χ1v) is 6.99. The lowest BCUT2D eigenvalue weighted by Gasteiger charge is -2.14. The van der Waals surface area contributed by atoms with E-state index >= 15 is 0 Å². The van der Waals surface area contributed by atoms with Gasteiger partial charge < -0.3 is 5.32 Å². The molecule has 7 heteroatoms. The molecule has 19 heavy (non-hydrogen) atoms. The highest BCUT2D eigenvalue weighted by molar-refractivity contribution is 7.07. The van der Waals surface area contributed by atoms with E-state index < -0.39 is 0 Å². The molecular weight excluding hydrogens is 264 g/mol. The molecule has 2 rings (SSSR count). The van der Waals surface area contributed by atoms with Crippen LogP contribution < -0.4 is 5.32 Å². The van der Waals surface area contributed by atoms with Gasteiger partial charge in [-0.25, -0.2) is 4.68 Å². The molecule has 1 N–H and O–H groups in total. The molecule has 2 heterocycles. The highest BCUT2D eigenvalue weighted by Crippen LogP contribution is 2.31. The maximum Gasteiger partial charge on any atom is 0.333 e. The largest absolute Gasteiger partial charge is 0.358 e. The monoisotopic (exact) mass is 280 g/mol. The molecule has 102 valence electrons. The standard InChI is InChI=1S/C12H16N4O2S/c1-4-15-12(11(16(17)18)9(3)14-15)13-8(2)10-5-6-19-7-10/h5-8,13H,4H2,1-3H3. The van der Waals surface area contributed by atoms with E-state index in [9.17, 15) is 10.1 Å². The molecule has 0 aliphatic carbocycles. The Morgan fingerprint density at radius 2 is 2.37 bits per heavy atom. The lowest BCUT2D eigenvalue weighted by Crippen LogP contribution is -2.12. The molecule has 0 saturated heterocycles. The van der Waals surface area contributed by atoms with Gasteiger partial charge in [0.25, 0.3) is 0 Å². The Balaban J connectivity index is 2.35. The molecule has 0 spiro atoms. The molecule has 2 aromatic rings. The molecule has 0 fully saturated rings. The van der Waals surface area contributed by atoms with Gasteiger partial charge in [0.2, 0.25) is 5.82 Å². The Labute approximate surface area is 115 Å². The Bertz CT molecular complexity index is 577. The van der Waals surface area contributed by atoms with Crippen molar-refractivity contribution in [2.75, 3.05) is 5.32 Å². The van der Waals surface area contributed by atoms with E-state index in [1.54, 1.807) is 22.9 Å². The Hall–Kier alpha value is -1.89. The minimum atomic E-state index is -0.378. The van der Waals surface area contributed by atoms with Gasteiger partial charge in [0.05, 0.1) is 11.0 Å². The first kappa shape index (κ1) is 13.5. The van der Waals surface area contributed by atoms with Gasteiger partial charge in [-0.3, -0.25) is 10.1 Å². The molecule has 2 aromatic heterocycles. The van der Waals surface area contributed by atoms with E-state index in [2.05, 4.69) is 10.4 Å². The Morgan fingerprint density at radius 3 is 2.89 bits per heavy atom. The molecule has 6 nitrogen and oxygen atoms in total. The zero-order valence-corrected chi connectivity index (χ0v) is 11.9. The third-order valence-corrected chi connectivity index (χ3v) is 3.68. The van der Waals surface area contributed by atoms with E-state index in [1.165, 1.54) is 0 Å². The molecule has 1 unspecified atom stereocenters. The second-order valence-electron chi connectivity index (χ2n) is 4.28. The van der Waals surface area contributed by atoms with Crippen molar-refractivity contribution in [2.24, 2.45) is 0 Å². The lowest BCUT2D eigenvalue weighted by molar-refractivity contribution is -0.384. The van der Waals surface area contributed by atoms with Crippen molar-refractivity contribution in [3.63, 3.8) is 0 Å². The van der Waals surface area contributed by atoms with Crippen LogP contribution in [0.1, 0.15) is 31.1 Å². The van der Waals surface area contributed by atoms with Gasteiger partial charge in [0.15, 0.2) is 0 Å². The predicted molar refractivity (Wildman–Crippen MR) is 75.6 cm³/mol. The molecule has 0 aliphatic heterocycles. The van der Waals surface area contributed by atoms with Crippen LogP contribution >= 0.6 is 11.3 Å². The Kier molecular flexibility index (Phi) is 3.84. The molecule has 0 saturated carbocycles. The summed E-state index contributed by atoms with van der Waals surface area (Å²) in [5, 5.41) is 22.6. The summed E-state index contributed by atoms with van der Waals surface area (Å²) >= 11 is 1.61. The van der Waals surface area contributed by atoms with E-state index in [4.69, 9.17) is 0 Å². The highest BCUT2D eigenvalue weighted by Gasteiger charge is 2.26. The summed E-state index contributed by atoms with van der Waals surface area (Å²) in [6, 6.07) is 2.01. The number of hydrogen-bond acceptors (Lipinski definition) is 5. The lowest BCUT2D eigenvalue weighted by atomic mass is 10.2. The predicted octanol–water partition coefficient (Wildman–Crippen LogP) is 3.35. The SMILES string of the molecule is CCn1nc(C)c([N+](=O)[O-])c1NC(C)c1ccsc1. The van der Waals surface area contributed by atoms with Gasteiger partial charge in [0, 0.05) is 6.54 Å². The van der Waals surface area contributed by atoms with Crippen molar-refractivity contribution in [2.45, 2.75) is 33.4 Å². The highest BCUT2D eigenvalue weighted by atomic mass is 32.1. The van der Waals surface area contributed by atoms with Crippen LogP contribution in [-0.4, -0.2) is 14.7 Å². The van der Waals surface area contributed by atoms with Crippen molar-refractivity contribution in [1.82, 2.24) is 9.78 Å². The summed E-state index contributed by atoms with van der Waals surface area (Å²) in [6.07, 6.45) is 0. The second-order valence-corrected chi connectivity index (χ2v) is 5.06. The number of thiophene rings is 1. The van der Waals surface area contributed by atoms with Gasteiger partial charge >= 0.3 is 5.69 Å². The molecular formula is C12H16N4O2S. The van der Waals surface area contributed by atoms with Crippen molar-refractivity contribution in [1.29, 1.82) is 0 Å². The van der Waals surface area contributed by atoms with Gasteiger partial charge in [-0.15, -0.1) is 0 Å². The summed E-state index contributed by atoms with van der Waals surface area (Å²) in [6.45, 7) is 6.14. The van der Waals surface area contributed by atoms with Crippen LogP contribution in [-0.2, 0) is 6.54 Å². The van der Waals surface area contributed by atoms with Crippen LogP contribution in [0.25, 0.3) is 0 Å². The number of aryl methyl sites for hydroxylation is 2. The first-order chi connectivity index (χ1) is 9.04. The number of nitrogens with zero attached hydrogens (tertiary/aromatic N) is 3. The van der Waals surface area contributed by atoms with E-state index in [0.29, 0.717) is 18.1 Å². The maximum atomic E-state index is 11.2. The van der Waals surface area contributed by atoms with Crippen molar-refractivity contribution in [3.8, 4) is 0 Å². The third-order valence-electron chi connectivity index (χ3n) is 2.97. The molecule has 0 aromatic carbocycles. The average molecular weight is 280 g/mol. The fourth-order valence-corrected chi connectivity index (χ4v) is 2.73. The van der Waals surface area contributed by atoms with E-state index in [0.717, 1.165) is 5.56 Å². The number of nitro groups is 1. The number of nitrogens with one attached hydrogen (secondary N) is 1. The van der Waals surface area contributed by atoms with E-state index in [1.807, 2.05) is 30.7 Å². The van der Waals surface area contributed by atoms with Crippen molar-refractivity contribution in [3.05, 3.63) is 38.2 Å². The second kappa shape index (κ2) is 5.40. The van der Waals surface area contributed by atoms with Crippen LogP contribution in [0.5, 0.6) is 0 Å². The summed E-state index contributed by atoms with van der Waals surface area (Å²) in [7, 11) is 0.